The van der Waals surface area contributed by atoms with Gasteiger partial charge in [-0.3, -0.25) is 0 Å². The van der Waals surface area contributed by atoms with Crippen molar-refractivity contribution < 1.29 is 9.90 Å². The van der Waals surface area contributed by atoms with Crippen LogP contribution in [0, 0.1) is 6.92 Å². The number of thioether (sulfide) groups is 1. The van der Waals surface area contributed by atoms with Crippen molar-refractivity contribution in [3.63, 3.8) is 0 Å². The lowest BCUT2D eigenvalue weighted by atomic mass is 10.2. The van der Waals surface area contributed by atoms with Crippen molar-refractivity contribution in [3.05, 3.63) is 23.3 Å². The molecule has 0 aliphatic carbocycles. The van der Waals surface area contributed by atoms with Gasteiger partial charge in [-0.25, -0.2) is 14.8 Å². The molecule has 0 aliphatic heterocycles. The van der Waals surface area contributed by atoms with Crippen molar-refractivity contribution in [2.24, 2.45) is 0 Å². The van der Waals surface area contributed by atoms with Crippen LogP contribution in [0.25, 0.3) is 0 Å². The van der Waals surface area contributed by atoms with Gasteiger partial charge in [0.05, 0.1) is 0 Å². The van der Waals surface area contributed by atoms with Crippen LogP contribution in [0.2, 0.25) is 0 Å². The lowest BCUT2D eigenvalue weighted by molar-refractivity contribution is 0.0689. The summed E-state index contributed by atoms with van der Waals surface area (Å²) in [5.74, 6) is 0.674. The molecule has 82 valence electrons. The number of aromatic carboxylic acids is 1. The Morgan fingerprint density at radius 3 is 2.93 bits per heavy atom. The fourth-order valence-corrected chi connectivity index (χ4v) is 1.62. The third kappa shape index (κ3) is 3.51. The molecule has 0 unspecified atom stereocenters. The van der Waals surface area contributed by atoms with Crippen molar-refractivity contribution in [1.29, 1.82) is 0 Å². The van der Waals surface area contributed by atoms with Crippen LogP contribution in [0.5, 0.6) is 0 Å². The molecule has 1 aromatic heterocycles. The summed E-state index contributed by atoms with van der Waals surface area (Å²) < 4.78 is 0. The summed E-state index contributed by atoms with van der Waals surface area (Å²) in [6.07, 6.45) is 5.33. The van der Waals surface area contributed by atoms with Crippen molar-refractivity contribution in [2.75, 3.05) is 12.0 Å². The second-order valence-corrected chi connectivity index (χ2v) is 4.20. The van der Waals surface area contributed by atoms with Crippen LogP contribution < -0.4 is 0 Å². The van der Waals surface area contributed by atoms with Gasteiger partial charge in [-0.05, 0) is 25.4 Å². The first-order valence-corrected chi connectivity index (χ1v) is 6.09. The van der Waals surface area contributed by atoms with Gasteiger partial charge in [0.2, 0.25) is 0 Å². The number of hydrogen-bond acceptors (Lipinski definition) is 4. The van der Waals surface area contributed by atoms with E-state index in [4.69, 9.17) is 5.11 Å². The van der Waals surface area contributed by atoms with Gasteiger partial charge in [0.25, 0.3) is 0 Å². The molecule has 1 heterocycles. The summed E-state index contributed by atoms with van der Waals surface area (Å²) in [6.45, 7) is 1.70. The molecule has 0 amide bonds. The van der Waals surface area contributed by atoms with E-state index in [1.54, 1.807) is 24.9 Å². The van der Waals surface area contributed by atoms with Gasteiger partial charge in [-0.1, -0.05) is 0 Å². The average molecular weight is 226 g/mol. The molecule has 1 rings (SSSR count). The second-order valence-electron chi connectivity index (χ2n) is 3.22. The summed E-state index contributed by atoms with van der Waals surface area (Å²) in [5.41, 5.74) is 0.722. The first-order chi connectivity index (χ1) is 7.15. The number of carbonyl (C=O) groups is 1. The highest BCUT2D eigenvalue weighted by molar-refractivity contribution is 7.98. The molecule has 0 spiro atoms. The Kier molecular flexibility index (Phi) is 4.55. The molecular formula is C10H14N2O2S. The molecule has 0 atom stereocenters. The summed E-state index contributed by atoms with van der Waals surface area (Å²) in [5, 5.41) is 8.87. The molecule has 0 aromatic carbocycles. The highest BCUT2D eigenvalue weighted by Gasteiger charge is 2.10. The van der Waals surface area contributed by atoms with Gasteiger partial charge < -0.3 is 5.11 Å². The van der Waals surface area contributed by atoms with Crippen molar-refractivity contribution in [1.82, 2.24) is 9.97 Å². The summed E-state index contributed by atoms with van der Waals surface area (Å²) in [4.78, 5) is 18.9. The van der Waals surface area contributed by atoms with Gasteiger partial charge in [-0.2, -0.15) is 11.8 Å². The molecule has 0 bridgehead atoms. The highest BCUT2D eigenvalue weighted by Crippen LogP contribution is 2.06. The predicted molar refractivity (Wildman–Crippen MR) is 60.4 cm³/mol. The molecule has 0 aliphatic rings. The van der Waals surface area contributed by atoms with Crippen LogP contribution in [0.15, 0.2) is 6.20 Å². The molecule has 0 saturated carbocycles. The Balaban J connectivity index is 2.74. The molecule has 1 aromatic rings. The standard InChI is InChI=1S/C10H14N2O2S/c1-7-6-11-8(4-3-5-15-2)12-9(7)10(13)14/h6H,3-5H2,1-2H3,(H,13,14). The van der Waals surface area contributed by atoms with Crippen LogP contribution >= 0.6 is 11.8 Å². The number of hydrogen-bond donors (Lipinski definition) is 1. The van der Waals surface area contributed by atoms with Gasteiger partial charge >= 0.3 is 5.97 Å². The first kappa shape index (κ1) is 12.0. The summed E-state index contributed by atoms with van der Waals surface area (Å²) in [6, 6.07) is 0. The number of carboxylic acids is 1. The largest absolute Gasteiger partial charge is 0.477 e. The van der Waals surface area contributed by atoms with Gasteiger partial charge in [0, 0.05) is 18.2 Å². The van der Waals surface area contributed by atoms with Crippen LogP contribution in [0.4, 0.5) is 0 Å². The molecule has 0 saturated heterocycles. The number of aryl methyl sites for hydroxylation is 2. The molecule has 0 radical (unpaired) electrons. The topological polar surface area (TPSA) is 63.1 Å². The smallest absolute Gasteiger partial charge is 0.354 e. The van der Waals surface area contributed by atoms with E-state index in [0.29, 0.717) is 11.4 Å². The quantitative estimate of drug-likeness (QED) is 0.775. The molecule has 1 N–H and O–H groups in total. The average Bonchev–Trinajstić information content (AvgIpc) is 2.20. The minimum Gasteiger partial charge on any atom is -0.477 e. The van der Waals surface area contributed by atoms with Crippen LogP contribution in [0.1, 0.15) is 28.3 Å². The maximum absolute atomic E-state index is 10.8. The fraction of sp³-hybridized carbons (Fsp3) is 0.500. The van der Waals surface area contributed by atoms with Gasteiger partial charge in [0.1, 0.15) is 5.82 Å². The van der Waals surface area contributed by atoms with Crippen LogP contribution in [0.3, 0.4) is 0 Å². The maximum atomic E-state index is 10.8. The molecule has 4 nitrogen and oxygen atoms in total. The van der Waals surface area contributed by atoms with Crippen molar-refractivity contribution >= 4 is 17.7 Å². The monoisotopic (exact) mass is 226 g/mol. The number of nitrogens with zero attached hydrogens (tertiary/aromatic N) is 2. The Labute approximate surface area is 93.1 Å². The summed E-state index contributed by atoms with van der Waals surface area (Å²) in [7, 11) is 0. The van der Waals surface area contributed by atoms with E-state index in [0.717, 1.165) is 18.6 Å². The number of carboxylic acid groups (broad SMARTS) is 1. The van der Waals surface area contributed by atoms with E-state index < -0.39 is 5.97 Å². The Hall–Kier alpha value is -1.10. The minimum atomic E-state index is -0.985. The van der Waals surface area contributed by atoms with E-state index in [2.05, 4.69) is 9.97 Å². The molecule has 5 heteroatoms. The first-order valence-electron chi connectivity index (χ1n) is 4.70. The SMILES string of the molecule is CSCCCc1ncc(C)c(C(=O)O)n1. The second kappa shape index (κ2) is 5.70. The Morgan fingerprint density at radius 2 is 2.33 bits per heavy atom. The van der Waals surface area contributed by atoms with Crippen LogP contribution in [-0.4, -0.2) is 33.1 Å². The zero-order chi connectivity index (χ0) is 11.3. The lowest BCUT2D eigenvalue weighted by Crippen LogP contribution is -2.08. The third-order valence-electron chi connectivity index (χ3n) is 1.97. The van der Waals surface area contributed by atoms with E-state index in [1.165, 1.54) is 0 Å². The maximum Gasteiger partial charge on any atom is 0.354 e. The van der Waals surface area contributed by atoms with Crippen molar-refractivity contribution in [2.45, 2.75) is 19.8 Å². The minimum absolute atomic E-state index is 0.115. The normalized spacial score (nSPS) is 10.3. The Morgan fingerprint density at radius 1 is 1.60 bits per heavy atom. The third-order valence-corrected chi connectivity index (χ3v) is 2.67. The zero-order valence-electron chi connectivity index (χ0n) is 8.86. The zero-order valence-corrected chi connectivity index (χ0v) is 9.67. The van der Waals surface area contributed by atoms with E-state index >= 15 is 0 Å². The molecule has 15 heavy (non-hydrogen) atoms. The van der Waals surface area contributed by atoms with Gasteiger partial charge in [-0.15, -0.1) is 0 Å². The summed E-state index contributed by atoms with van der Waals surface area (Å²) >= 11 is 1.76. The van der Waals surface area contributed by atoms with E-state index in [-0.39, 0.29) is 5.69 Å². The fourth-order valence-electron chi connectivity index (χ4n) is 1.19. The van der Waals surface area contributed by atoms with Gasteiger partial charge in [0.15, 0.2) is 5.69 Å². The number of rotatable bonds is 5. The van der Waals surface area contributed by atoms with E-state index in [1.807, 2.05) is 6.26 Å². The number of aromatic nitrogens is 2. The van der Waals surface area contributed by atoms with Crippen molar-refractivity contribution in [3.8, 4) is 0 Å². The Bertz CT molecular complexity index is 355. The van der Waals surface area contributed by atoms with Crippen LogP contribution in [-0.2, 0) is 6.42 Å². The van der Waals surface area contributed by atoms with E-state index in [9.17, 15) is 4.79 Å². The highest BCUT2D eigenvalue weighted by atomic mass is 32.2. The molecule has 0 fully saturated rings. The predicted octanol–water partition coefficient (Wildman–Crippen LogP) is 1.78. The molecular weight excluding hydrogens is 212 g/mol. The lowest BCUT2D eigenvalue weighted by Gasteiger charge is -2.02.